The van der Waals surface area contributed by atoms with Crippen LogP contribution >= 0.6 is 0 Å². The molecule has 2 N–H and O–H groups in total. The van der Waals surface area contributed by atoms with E-state index in [0.717, 1.165) is 47.4 Å². The molecule has 1 saturated carbocycles. The summed E-state index contributed by atoms with van der Waals surface area (Å²) in [5.74, 6) is 1.17. The number of nitrogens with one attached hydrogen (secondary N) is 2. The number of imidazole rings is 1. The molecule has 29 heavy (non-hydrogen) atoms. The molecule has 2 aromatic carbocycles. The highest BCUT2D eigenvalue weighted by Gasteiger charge is 2.29. The van der Waals surface area contributed by atoms with Crippen LogP contribution in [0.25, 0.3) is 11.0 Å². The fourth-order valence-electron chi connectivity index (χ4n) is 3.42. The lowest BCUT2D eigenvalue weighted by Crippen LogP contribution is -2.26. The van der Waals surface area contributed by atoms with Gasteiger partial charge in [-0.25, -0.2) is 4.98 Å². The average molecular weight is 390 g/mol. The third kappa shape index (κ3) is 4.83. The van der Waals surface area contributed by atoms with Crippen molar-refractivity contribution < 1.29 is 9.59 Å². The summed E-state index contributed by atoms with van der Waals surface area (Å²) in [5, 5.41) is 5.95. The minimum absolute atomic E-state index is 0.0831. The first-order chi connectivity index (χ1) is 14.1. The summed E-state index contributed by atoms with van der Waals surface area (Å²) in [4.78, 5) is 29.1. The van der Waals surface area contributed by atoms with Gasteiger partial charge in [-0.05, 0) is 50.5 Å². The number of para-hydroxylation sites is 2. The first-order valence-electron chi connectivity index (χ1n) is 10.2. The first-order valence-corrected chi connectivity index (χ1v) is 10.2. The van der Waals surface area contributed by atoms with E-state index >= 15 is 0 Å². The van der Waals surface area contributed by atoms with E-state index in [9.17, 15) is 9.59 Å². The third-order valence-electron chi connectivity index (χ3n) is 5.20. The van der Waals surface area contributed by atoms with E-state index in [4.69, 9.17) is 4.98 Å². The molecule has 0 atom stereocenters. The summed E-state index contributed by atoms with van der Waals surface area (Å²) in [6, 6.07) is 15.6. The van der Waals surface area contributed by atoms with Crippen molar-refractivity contribution in [2.75, 3.05) is 11.9 Å². The SMILES string of the molecule is Cc1ccc(NC(=O)Cn2c(CCCNC(=O)C3CC3)nc3ccccc32)cc1. The number of hydrogen-bond acceptors (Lipinski definition) is 3. The van der Waals surface area contributed by atoms with Crippen molar-refractivity contribution in [3.63, 3.8) is 0 Å². The number of benzene rings is 2. The lowest BCUT2D eigenvalue weighted by atomic mass is 10.2. The number of hydrogen-bond donors (Lipinski definition) is 2. The topological polar surface area (TPSA) is 76.0 Å². The van der Waals surface area contributed by atoms with Crippen LogP contribution in [0, 0.1) is 12.8 Å². The number of nitrogens with zero attached hydrogens (tertiary/aromatic N) is 2. The Morgan fingerprint density at radius 2 is 1.86 bits per heavy atom. The van der Waals surface area contributed by atoms with Crippen molar-refractivity contribution in [2.24, 2.45) is 5.92 Å². The third-order valence-corrected chi connectivity index (χ3v) is 5.20. The van der Waals surface area contributed by atoms with Crippen LogP contribution < -0.4 is 10.6 Å². The number of anilines is 1. The number of carbonyl (C=O) groups is 2. The number of carbonyl (C=O) groups excluding carboxylic acids is 2. The van der Waals surface area contributed by atoms with Crippen LogP contribution in [0.3, 0.4) is 0 Å². The van der Waals surface area contributed by atoms with Gasteiger partial charge in [0.25, 0.3) is 0 Å². The van der Waals surface area contributed by atoms with Gasteiger partial charge in [-0.2, -0.15) is 0 Å². The lowest BCUT2D eigenvalue weighted by Gasteiger charge is -2.11. The normalized spacial score (nSPS) is 13.4. The number of amides is 2. The highest BCUT2D eigenvalue weighted by molar-refractivity contribution is 5.91. The van der Waals surface area contributed by atoms with Crippen molar-refractivity contribution in [3.8, 4) is 0 Å². The van der Waals surface area contributed by atoms with E-state index in [1.165, 1.54) is 0 Å². The molecule has 1 fully saturated rings. The van der Waals surface area contributed by atoms with Crippen LogP contribution in [0.4, 0.5) is 5.69 Å². The molecule has 4 rings (SSSR count). The zero-order valence-electron chi connectivity index (χ0n) is 16.6. The number of aromatic nitrogens is 2. The summed E-state index contributed by atoms with van der Waals surface area (Å²) in [6.07, 6.45) is 3.52. The Morgan fingerprint density at radius 1 is 1.10 bits per heavy atom. The Kier molecular flexibility index (Phi) is 5.60. The van der Waals surface area contributed by atoms with Crippen LogP contribution in [-0.2, 0) is 22.6 Å². The summed E-state index contributed by atoms with van der Waals surface area (Å²) in [5.41, 5.74) is 3.77. The fraction of sp³-hybridized carbons (Fsp3) is 0.348. The second kappa shape index (κ2) is 8.47. The second-order valence-electron chi connectivity index (χ2n) is 7.69. The van der Waals surface area contributed by atoms with Gasteiger partial charge >= 0.3 is 0 Å². The van der Waals surface area contributed by atoms with E-state index in [2.05, 4.69) is 10.6 Å². The maximum Gasteiger partial charge on any atom is 0.244 e. The first kappa shape index (κ1) is 19.2. The summed E-state index contributed by atoms with van der Waals surface area (Å²) in [6.45, 7) is 2.86. The molecule has 3 aromatic rings. The Hall–Kier alpha value is -3.15. The Labute approximate surface area is 170 Å². The molecule has 0 spiro atoms. The molecular formula is C23H26N4O2. The van der Waals surface area contributed by atoms with Crippen molar-refractivity contribution in [1.29, 1.82) is 0 Å². The van der Waals surface area contributed by atoms with Gasteiger partial charge in [-0.1, -0.05) is 29.8 Å². The molecule has 6 nitrogen and oxygen atoms in total. The molecule has 1 aliphatic carbocycles. The van der Waals surface area contributed by atoms with Crippen LogP contribution in [0.5, 0.6) is 0 Å². The van der Waals surface area contributed by atoms with E-state index in [1.807, 2.05) is 60.0 Å². The Bertz CT molecular complexity index is 1020. The number of fused-ring (bicyclic) bond motifs is 1. The van der Waals surface area contributed by atoms with Gasteiger partial charge < -0.3 is 15.2 Å². The van der Waals surface area contributed by atoms with Gasteiger partial charge in [0.05, 0.1) is 11.0 Å². The van der Waals surface area contributed by atoms with E-state index < -0.39 is 0 Å². The van der Waals surface area contributed by atoms with Gasteiger partial charge in [0.2, 0.25) is 11.8 Å². The van der Waals surface area contributed by atoms with Crippen LogP contribution in [-0.4, -0.2) is 27.9 Å². The van der Waals surface area contributed by atoms with Gasteiger partial charge in [0.1, 0.15) is 12.4 Å². The summed E-state index contributed by atoms with van der Waals surface area (Å²) >= 11 is 0. The van der Waals surface area contributed by atoms with E-state index in [0.29, 0.717) is 13.0 Å². The van der Waals surface area contributed by atoms with E-state index in [-0.39, 0.29) is 24.3 Å². The quantitative estimate of drug-likeness (QED) is 0.579. The van der Waals surface area contributed by atoms with Crippen molar-refractivity contribution >= 4 is 28.5 Å². The minimum Gasteiger partial charge on any atom is -0.356 e. The molecule has 1 aliphatic rings. The zero-order valence-corrected chi connectivity index (χ0v) is 16.6. The number of rotatable bonds is 8. The molecule has 0 radical (unpaired) electrons. The average Bonchev–Trinajstić information content (AvgIpc) is 3.51. The molecule has 6 heteroatoms. The molecule has 150 valence electrons. The molecule has 0 unspecified atom stereocenters. The zero-order chi connectivity index (χ0) is 20.2. The molecule has 0 bridgehead atoms. The smallest absolute Gasteiger partial charge is 0.244 e. The standard InChI is InChI=1S/C23H26N4O2/c1-16-8-12-18(13-9-16)25-22(28)15-27-20-6-3-2-5-19(20)26-21(27)7-4-14-24-23(29)17-10-11-17/h2-3,5-6,8-9,12-13,17H,4,7,10-11,14-15H2,1H3,(H,24,29)(H,25,28). The molecule has 1 aromatic heterocycles. The van der Waals surface area contributed by atoms with Gasteiger partial charge in [0, 0.05) is 24.6 Å². The highest BCUT2D eigenvalue weighted by Crippen LogP contribution is 2.28. The van der Waals surface area contributed by atoms with Gasteiger partial charge in [0.15, 0.2) is 0 Å². The molecule has 1 heterocycles. The molecule has 0 aliphatic heterocycles. The van der Waals surface area contributed by atoms with Gasteiger partial charge in [-0.3, -0.25) is 9.59 Å². The minimum atomic E-state index is -0.0831. The molecule has 2 amide bonds. The van der Waals surface area contributed by atoms with Crippen LogP contribution in [0.2, 0.25) is 0 Å². The maximum absolute atomic E-state index is 12.6. The van der Waals surface area contributed by atoms with Crippen LogP contribution in [0.15, 0.2) is 48.5 Å². The maximum atomic E-state index is 12.6. The molecule has 0 saturated heterocycles. The summed E-state index contributed by atoms with van der Waals surface area (Å²) in [7, 11) is 0. The van der Waals surface area contributed by atoms with Crippen molar-refractivity contribution in [3.05, 3.63) is 59.9 Å². The largest absolute Gasteiger partial charge is 0.356 e. The number of aryl methyl sites for hydroxylation is 2. The van der Waals surface area contributed by atoms with E-state index in [1.54, 1.807) is 0 Å². The highest BCUT2D eigenvalue weighted by atomic mass is 16.2. The van der Waals surface area contributed by atoms with Crippen molar-refractivity contribution in [2.45, 2.75) is 39.2 Å². The van der Waals surface area contributed by atoms with Gasteiger partial charge in [-0.15, -0.1) is 0 Å². The van der Waals surface area contributed by atoms with Crippen LogP contribution in [0.1, 0.15) is 30.7 Å². The second-order valence-corrected chi connectivity index (χ2v) is 7.69. The lowest BCUT2D eigenvalue weighted by molar-refractivity contribution is -0.122. The predicted octanol–water partition coefficient (Wildman–Crippen LogP) is 3.44. The van der Waals surface area contributed by atoms with Crippen molar-refractivity contribution in [1.82, 2.24) is 14.9 Å². The Balaban J connectivity index is 1.43. The monoisotopic (exact) mass is 390 g/mol. The Morgan fingerprint density at radius 3 is 2.62 bits per heavy atom. The summed E-state index contributed by atoms with van der Waals surface area (Å²) < 4.78 is 1.97. The predicted molar refractivity (Wildman–Crippen MR) is 114 cm³/mol. The fourth-order valence-corrected chi connectivity index (χ4v) is 3.42. The molecular weight excluding hydrogens is 364 g/mol.